The van der Waals surface area contributed by atoms with E-state index in [1.54, 1.807) is 6.92 Å². The van der Waals surface area contributed by atoms with Crippen molar-refractivity contribution in [2.45, 2.75) is 32.1 Å². The summed E-state index contributed by atoms with van der Waals surface area (Å²) in [6.45, 7) is 3.65. The molecule has 15 heavy (non-hydrogen) atoms. The first-order valence-corrected chi connectivity index (χ1v) is 5.24. The van der Waals surface area contributed by atoms with Gasteiger partial charge in [-0.1, -0.05) is 18.2 Å². The van der Waals surface area contributed by atoms with Crippen LogP contribution in [0.5, 0.6) is 0 Å². The lowest BCUT2D eigenvalue weighted by Gasteiger charge is -2.31. The van der Waals surface area contributed by atoms with Gasteiger partial charge in [0.05, 0.1) is 6.04 Å². The van der Waals surface area contributed by atoms with Crippen LogP contribution in [0.3, 0.4) is 0 Å². The van der Waals surface area contributed by atoms with Crippen molar-refractivity contribution < 1.29 is 9.53 Å². The lowest BCUT2D eigenvalue weighted by molar-refractivity contribution is -0.117. The molecule has 3 rings (SSSR count). The summed E-state index contributed by atoms with van der Waals surface area (Å²) < 4.78 is 5.60. The standard InChI is InChI=1S/C12H13NO2/c1-7-11-12(15-11)9-5-3-4-6-10(9)13(7)8(2)14/h3-7,11-12H,1-2H3/t7-,11-,12+/m1/s1. The third kappa shape index (κ3) is 1.13. The maximum absolute atomic E-state index is 11.6. The van der Waals surface area contributed by atoms with Gasteiger partial charge in [-0.2, -0.15) is 0 Å². The third-order valence-corrected chi connectivity index (χ3v) is 3.25. The molecule has 78 valence electrons. The molecule has 0 unspecified atom stereocenters. The summed E-state index contributed by atoms with van der Waals surface area (Å²) in [4.78, 5) is 13.4. The fraction of sp³-hybridized carbons (Fsp3) is 0.417. The number of benzene rings is 1. The van der Waals surface area contributed by atoms with Crippen molar-refractivity contribution in [3.63, 3.8) is 0 Å². The molecule has 0 N–H and O–H groups in total. The highest BCUT2D eigenvalue weighted by Crippen LogP contribution is 2.50. The van der Waals surface area contributed by atoms with E-state index in [0.29, 0.717) is 0 Å². The summed E-state index contributed by atoms with van der Waals surface area (Å²) in [5.74, 6) is 0.0869. The largest absolute Gasteiger partial charge is 0.362 e. The van der Waals surface area contributed by atoms with Gasteiger partial charge in [0.15, 0.2) is 0 Å². The second-order valence-electron chi connectivity index (χ2n) is 4.21. The van der Waals surface area contributed by atoms with Gasteiger partial charge in [0, 0.05) is 18.2 Å². The van der Waals surface area contributed by atoms with Crippen molar-refractivity contribution in [2.24, 2.45) is 0 Å². The fourth-order valence-corrected chi connectivity index (χ4v) is 2.51. The van der Waals surface area contributed by atoms with E-state index in [0.717, 1.165) is 11.3 Å². The quantitative estimate of drug-likeness (QED) is 0.603. The van der Waals surface area contributed by atoms with Crippen molar-refractivity contribution in [3.8, 4) is 0 Å². The minimum absolute atomic E-state index is 0.0869. The van der Waals surface area contributed by atoms with Gasteiger partial charge in [0.1, 0.15) is 12.2 Å². The molecule has 1 saturated heterocycles. The molecule has 0 aliphatic carbocycles. The average molecular weight is 203 g/mol. The lowest BCUT2D eigenvalue weighted by atomic mass is 9.97. The van der Waals surface area contributed by atoms with Crippen molar-refractivity contribution >= 4 is 11.6 Å². The van der Waals surface area contributed by atoms with Gasteiger partial charge in [-0.15, -0.1) is 0 Å². The van der Waals surface area contributed by atoms with Crippen LogP contribution in [0.1, 0.15) is 25.5 Å². The molecule has 0 spiro atoms. The molecule has 2 aliphatic rings. The Morgan fingerprint density at radius 2 is 2.13 bits per heavy atom. The fourth-order valence-electron chi connectivity index (χ4n) is 2.51. The minimum atomic E-state index is 0.0869. The van der Waals surface area contributed by atoms with E-state index in [9.17, 15) is 4.79 Å². The number of amides is 1. The normalized spacial score (nSPS) is 31.9. The lowest BCUT2D eigenvalue weighted by Crippen LogP contribution is -2.43. The maximum atomic E-state index is 11.6. The first-order chi connectivity index (χ1) is 7.20. The van der Waals surface area contributed by atoms with E-state index in [1.807, 2.05) is 36.1 Å². The predicted octanol–water partition coefficient (Wildman–Crippen LogP) is 1.88. The zero-order valence-corrected chi connectivity index (χ0v) is 8.81. The number of anilines is 1. The molecule has 1 fully saturated rings. The van der Waals surface area contributed by atoms with Crippen LogP contribution in [0.4, 0.5) is 5.69 Å². The molecule has 3 atom stereocenters. The number of hydrogen-bond acceptors (Lipinski definition) is 2. The zero-order valence-electron chi connectivity index (χ0n) is 8.81. The van der Waals surface area contributed by atoms with Crippen LogP contribution in [0.25, 0.3) is 0 Å². The Bertz CT molecular complexity index is 429. The smallest absolute Gasteiger partial charge is 0.224 e. The molecular formula is C12H13NO2. The van der Waals surface area contributed by atoms with E-state index in [-0.39, 0.29) is 24.2 Å². The molecule has 3 nitrogen and oxygen atoms in total. The maximum Gasteiger partial charge on any atom is 0.224 e. The SMILES string of the molecule is CC(=O)N1c2ccccc2[C@@H]2O[C@@H]2[C@H]1C. The molecule has 3 heteroatoms. The molecule has 2 heterocycles. The zero-order chi connectivity index (χ0) is 10.6. The molecule has 2 aliphatic heterocycles. The number of epoxide rings is 1. The highest BCUT2D eigenvalue weighted by molar-refractivity contribution is 5.94. The highest BCUT2D eigenvalue weighted by Gasteiger charge is 2.52. The van der Waals surface area contributed by atoms with Crippen LogP contribution in [0.15, 0.2) is 24.3 Å². The Labute approximate surface area is 88.6 Å². The van der Waals surface area contributed by atoms with E-state index >= 15 is 0 Å². The number of fused-ring (bicyclic) bond motifs is 3. The molecule has 0 saturated carbocycles. The molecule has 1 amide bonds. The molecule has 0 aromatic heterocycles. The summed E-state index contributed by atoms with van der Waals surface area (Å²) in [6, 6.07) is 8.14. The van der Waals surface area contributed by atoms with E-state index < -0.39 is 0 Å². The number of ether oxygens (including phenoxy) is 1. The summed E-state index contributed by atoms with van der Waals surface area (Å²) >= 11 is 0. The Balaban J connectivity index is 2.14. The Hall–Kier alpha value is -1.35. The van der Waals surface area contributed by atoms with E-state index in [4.69, 9.17) is 4.74 Å². The van der Waals surface area contributed by atoms with Crippen LogP contribution < -0.4 is 4.90 Å². The van der Waals surface area contributed by atoms with Gasteiger partial charge >= 0.3 is 0 Å². The molecule has 1 aromatic carbocycles. The number of rotatable bonds is 0. The first kappa shape index (κ1) is 8.92. The Morgan fingerprint density at radius 3 is 2.87 bits per heavy atom. The van der Waals surface area contributed by atoms with Gasteiger partial charge in [0.2, 0.25) is 5.91 Å². The van der Waals surface area contributed by atoms with Crippen LogP contribution in [0, 0.1) is 0 Å². The Kier molecular flexibility index (Phi) is 1.68. The van der Waals surface area contributed by atoms with Crippen LogP contribution in [-0.2, 0) is 9.53 Å². The number of nitrogens with zero attached hydrogens (tertiary/aromatic N) is 1. The monoisotopic (exact) mass is 203 g/mol. The summed E-state index contributed by atoms with van der Waals surface area (Å²) in [7, 11) is 0. The van der Waals surface area contributed by atoms with Crippen molar-refractivity contribution in [3.05, 3.63) is 29.8 Å². The number of para-hydroxylation sites is 1. The minimum Gasteiger partial charge on any atom is -0.362 e. The summed E-state index contributed by atoms with van der Waals surface area (Å²) in [6.07, 6.45) is 0.413. The van der Waals surface area contributed by atoms with Crippen molar-refractivity contribution in [1.82, 2.24) is 0 Å². The summed E-state index contributed by atoms with van der Waals surface area (Å²) in [5.41, 5.74) is 2.16. The van der Waals surface area contributed by atoms with Crippen LogP contribution in [-0.4, -0.2) is 18.1 Å². The number of carbonyl (C=O) groups is 1. The second kappa shape index (κ2) is 2.83. The Morgan fingerprint density at radius 1 is 1.40 bits per heavy atom. The highest BCUT2D eigenvalue weighted by atomic mass is 16.6. The van der Waals surface area contributed by atoms with E-state index in [1.165, 1.54) is 0 Å². The van der Waals surface area contributed by atoms with Gasteiger partial charge in [-0.3, -0.25) is 4.79 Å². The first-order valence-electron chi connectivity index (χ1n) is 5.24. The van der Waals surface area contributed by atoms with Crippen LogP contribution >= 0.6 is 0 Å². The third-order valence-electron chi connectivity index (χ3n) is 3.25. The predicted molar refractivity (Wildman–Crippen MR) is 56.7 cm³/mol. The second-order valence-corrected chi connectivity index (χ2v) is 4.21. The average Bonchev–Trinajstić information content (AvgIpc) is 2.97. The van der Waals surface area contributed by atoms with Crippen molar-refractivity contribution in [2.75, 3.05) is 4.90 Å². The topological polar surface area (TPSA) is 32.8 Å². The molecule has 0 bridgehead atoms. The van der Waals surface area contributed by atoms with Crippen LogP contribution in [0.2, 0.25) is 0 Å². The molecule has 0 radical (unpaired) electrons. The molecule has 1 aromatic rings. The number of carbonyl (C=O) groups excluding carboxylic acids is 1. The van der Waals surface area contributed by atoms with Crippen molar-refractivity contribution in [1.29, 1.82) is 0 Å². The van der Waals surface area contributed by atoms with Gasteiger partial charge < -0.3 is 9.64 Å². The number of hydrogen-bond donors (Lipinski definition) is 0. The van der Waals surface area contributed by atoms with Gasteiger partial charge in [-0.05, 0) is 13.0 Å². The van der Waals surface area contributed by atoms with Gasteiger partial charge in [0.25, 0.3) is 0 Å². The van der Waals surface area contributed by atoms with Gasteiger partial charge in [-0.25, -0.2) is 0 Å². The molecular weight excluding hydrogens is 190 g/mol. The van der Waals surface area contributed by atoms with E-state index in [2.05, 4.69) is 0 Å². The summed E-state index contributed by atoms with van der Waals surface area (Å²) in [5, 5.41) is 0.